The van der Waals surface area contributed by atoms with E-state index in [2.05, 4.69) is 42.2 Å². The van der Waals surface area contributed by atoms with Crippen LogP contribution in [0, 0.1) is 0 Å². The van der Waals surface area contributed by atoms with Crippen LogP contribution in [0.1, 0.15) is 35.9 Å². The van der Waals surface area contributed by atoms with Gasteiger partial charge in [0.1, 0.15) is 5.69 Å². The first kappa shape index (κ1) is 14.3. The van der Waals surface area contributed by atoms with Crippen molar-refractivity contribution in [2.75, 3.05) is 6.61 Å². The molecule has 0 saturated carbocycles. The van der Waals surface area contributed by atoms with Crippen LogP contribution in [0.3, 0.4) is 0 Å². The number of rotatable bonds is 4. The Kier molecular flexibility index (Phi) is 3.92. The predicted molar refractivity (Wildman–Crippen MR) is 85.9 cm³/mol. The lowest BCUT2D eigenvalue weighted by atomic mass is 10.0. The van der Waals surface area contributed by atoms with E-state index in [0.717, 1.165) is 5.56 Å². The van der Waals surface area contributed by atoms with E-state index in [1.54, 1.807) is 19.4 Å². The van der Waals surface area contributed by atoms with Gasteiger partial charge in [-0.15, -0.1) is 0 Å². The SMILES string of the molecule is CCOC(=O)c1cncn1C(C)c1ccc2ccccc2c1. The number of ether oxygens (including phenoxy) is 1. The van der Waals surface area contributed by atoms with Gasteiger partial charge >= 0.3 is 5.97 Å². The summed E-state index contributed by atoms with van der Waals surface area (Å²) in [5.74, 6) is -0.340. The van der Waals surface area contributed by atoms with E-state index in [1.807, 2.05) is 16.7 Å². The highest BCUT2D eigenvalue weighted by atomic mass is 16.5. The first-order chi connectivity index (χ1) is 10.7. The largest absolute Gasteiger partial charge is 0.461 e. The summed E-state index contributed by atoms with van der Waals surface area (Å²) in [6.07, 6.45) is 3.22. The lowest BCUT2D eigenvalue weighted by Crippen LogP contribution is -2.15. The van der Waals surface area contributed by atoms with Gasteiger partial charge in [-0.3, -0.25) is 0 Å². The van der Waals surface area contributed by atoms with Crippen LogP contribution >= 0.6 is 0 Å². The minimum Gasteiger partial charge on any atom is -0.461 e. The summed E-state index contributed by atoms with van der Waals surface area (Å²) in [6, 6.07) is 14.6. The Morgan fingerprint density at radius 2 is 2.00 bits per heavy atom. The van der Waals surface area contributed by atoms with Gasteiger partial charge in [-0.25, -0.2) is 9.78 Å². The van der Waals surface area contributed by atoms with Crippen LogP contribution in [0.25, 0.3) is 10.8 Å². The quantitative estimate of drug-likeness (QED) is 0.687. The maximum Gasteiger partial charge on any atom is 0.356 e. The number of hydrogen-bond acceptors (Lipinski definition) is 3. The third-order valence-electron chi connectivity index (χ3n) is 3.82. The lowest BCUT2D eigenvalue weighted by molar-refractivity contribution is 0.0512. The van der Waals surface area contributed by atoms with E-state index in [-0.39, 0.29) is 12.0 Å². The monoisotopic (exact) mass is 294 g/mol. The molecule has 4 nitrogen and oxygen atoms in total. The van der Waals surface area contributed by atoms with Crippen molar-refractivity contribution >= 4 is 16.7 Å². The van der Waals surface area contributed by atoms with Crippen molar-refractivity contribution in [3.8, 4) is 0 Å². The van der Waals surface area contributed by atoms with Crippen LogP contribution in [0.2, 0.25) is 0 Å². The Labute approximate surface area is 129 Å². The number of benzene rings is 2. The maximum atomic E-state index is 12.0. The Bertz CT molecular complexity index is 807. The second kappa shape index (κ2) is 6.02. The number of hydrogen-bond donors (Lipinski definition) is 0. The van der Waals surface area contributed by atoms with Gasteiger partial charge in [0.2, 0.25) is 0 Å². The van der Waals surface area contributed by atoms with Crippen molar-refractivity contribution in [3.05, 3.63) is 66.2 Å². The molecule has 112 valence electrons. The number of carbonyl (C=O) groups excluding carboxylic acids is 1. The average molecular weight is 294 g/mol. The molecule has 1 aromatic heterocycles. The fourth-order valence-corrected chi connectivity index (χ4v) is 2.60. The van der Waals surface area contributed by atoms with E-state index in [9.17, 15) is 4.79 Å². The summed E-state index contributed by atoms with van der Waals surface area (Å²) in [4.78, 5) is 16.1. The molecule has 0 bridgehead atoms. The Morgan fingerprint density at radius 1 is 1.23 bits per heavy atom. The van der Waals surface area contributed by atoms with Crippen molar-refractivity contribution in [1.29, 1.82) is 0 Å². The van der Waals surface area contributed by atoms with E-state index < -0.39 is 0 Å². The first-order valence-corrected chi connectivity index (χ1v) is 7.38. The summed E-state index contributed by atoms with van der Waals surface area (Å²) in [5, 5.41) is 2.39. The predicted octanol–water partition coefficient (Wildman–Crippen LogP) is 3.82. The van der Waals surface area contributed by atoms with Crippen molar-refractivity contribution in [2.45, 2.75) is 19.9 Å². The Balaban J connectivity index is 1.97. The van der Waals surface area contributed by atoms with Crippen LogP contribution in [-0.2, 0) is 4.74 Å². The number of imidazole rings is 1. The van der Waals surface area contributed by atoms with Crippen LogP contribution in [-0.4, -0.2) is 22.1 Å². The van der Waals surface area contributed by atoms with Gasteiger partial charge in [-0.2, -0.15) is 0 Å². The molecule has 0 saturated heterocycles. The number of nitrogens with zero attached hydrogens (tertiary/aromatic N) is 2. The molecular formula is C18H18N2O2. The fraction of sp³-hybridized carbons (Fsp3) is 0.222. The van der Waals surface area contributed by atoms with Gasteiger partial charge in [0.05, 0.1) is 25.2 Å². The number of carbonyl (C=O) groups is 1. The lowest BCUT2D eigenvalue weighted by Gasteiger charge is -2.17. The molecule has 1 unspecified atom stereocenters. The van der Waals surface area contributed by atoms with E-state index >= 15 is 0 Å². The molecule has 4 heteroatoms. The third-order valence-corrected chi connectivity index (χ3v) is 3.82. The summed E-state index contributed by atoms with van der Waals surface area (Å²) < 4.78 is 6.93. The number of esters is 1. The summed E-state index contributed by atoms with van der Waals surface area (Å²) in [5.41, 5.74) is 1.60. The van der Waals surface area contributed by atoms with E-state index in [0.29, 0.717) is 12.3 Å². The highest BCUT2D eigenvalue weighted by Crippen LogP contribution is 2.24. The molecular weight excluding hydrogens is 276 g/mol. The van der Waals surface area contributed by atoms with E-state index in [1.165, 1.54) is 10.8 Å². The molecule has 0 radical (unpaired) electrons. The molecule has 0 aliphatic heterocycles. The highest BCUT2D eigenvalue weighted by Gasteiger charge is 2.18. The third kappa shape index (κ3) is 2.60. The van der Waals surface area contributed by atoms with Crippen LogP contribution < -0.4 is 0 Å². The smallest absolute Gasteiger partial charge is 0.356 e. The molecule has 0 amide bonds. The maximum absolute atomic E-state index is 12.0. The zero-order chi connectivity index (χ0) is 15.5. The summed E-state index contributed by atoms with van der Waals surface area (Å²) in [7, 11) is 0. The van der Waals surface area contributed by atoms with Crippen LogP contribution in [0.4, 0.5) is 0 Å². The van der Waals surface area contributed by atoms with Crippen molar-refractivity contribution in [1.82, 2.24) is 9.55 Å². The van der Waals surface area contributed by atoms with E-state index in [4.69, 9.17) is 4.74 Å². The Hall–Kier alpha value is -2.62. The molecule has 3 aromatic rings. The molecule has 1 atom stereocenters. The van der Waals surface area contributed by atoms with Gasteiger partial charge < -0.3 is 9.30 Å². The summed E-state index contributed by atoms with van der Waals surface area (Å²) in [6.45, 7) is 4.20. The second-order valence-corrected chi connectivity index (χ2v) is 5.19. The minimum atomic E-state index is -0.340. The normalized spacial score (nSPS) is 12.3. The number of fused-ring (bicyclic) bond motifs is 1. The molecule has 0 aliphatic rings. The van der Waals surface area contributed by atoms with Crippen molar-refractivity contribution < 1.29 is 9.53 Å². The average Bonchev–Trinajstić information content (AvgIpc) is 3.03. The van der Waals surface area contributed by atoms with Crippen LogP contribution in [0.5, 0.6) is 0 Å². The standard InChI is InChI=1S/C18H18N2O2/c1-3-22-18(21)17-11-19-12-20(17)13(2)15-9-8-14-6-4-5-7-16(14)10-15/h4-13H,3H2,1-2H3. The van der Waals surface area contributed by atoms with Gasteiger partial charge in [0.25, 0.3) is 0 Å². The first-order valence-electron chi connectivity index (χ1n) is 7.38. The molecule has 0 fully saturated rings. The fourth-order valence-electron chi connectivity index (χ4n) is 2.60. The second-order valence-electron chi connectivity index (χ2n) is 5.19. The molecule has 0 N–H and O–H groups in total. The zero-order valence-corrected chi connectivity index (χ0v) is 12.7. The van der Waals surface area contributed by atoms with Crippen molar-refractivity contribution in [3.63, 3.8) is 0 Å². The van der Waals surface area contributed by atoms with Gasteiger partial charge in [-0.05, 0) is 36.2 Å². The van der Waals surface area contributed by atoms with Gasteiger partial charge in [0, 0.05) is 0 Å². The highest BCUT2D eigenvalue weighted by molar-refractivity contribution is 5.87. The molecule has 0 spiro atoms. The van der Waals surface area contributed by atoms with Gasteiger partial charge in [-0.1, -0.05) is 36.4 Å². The summed E-state index contributed by atoms with van der Waals surface area (Å²) >= 11 is 0. The number of aromatic nitrogens is 2. The topological polar surface area (TPSA) is 44.1 Å². The minimum absolute atomic E-state index is 0.00603. The molecule has 1 heterocycles. The van der Waals surface area contributed by atoms with Crippen LogP contribution in [0.15, 0.2) is 55.0 Å². The molecule has 22 heavy (non-hydrogen) atoms. The molecule has 2 aromatic carbocycles. The van der Waals surface area contributed by atoms with Gasteiger partial charge in [0.15, 0.2) is 0 Å². The Morgan fingerprint density at radius 3 is 2.77 bits per heavy atom. The van der Waals surface area contributed by atoms with Crippen molar-refractivity contribution in [2.24, 2.45) is 0 Å². The zero-order valence-electron chi connectivity index (χ0n) is 12.7. The molecule has 3 rings (SSSR count). The molecule has 0 aliphatic carbocycles.